The fraction of sp³-hybridized carbons (Fsp3) is 0.231. The molecule has 258 valence electrons. The number of nitrogen functional groups attached to an aromatic ring is 1. The Morgan fingerprint density at radius 1 is 0.804 bits per heavy atom. The van der Waals surface area contributed by atoms with Gasteiger partial charge in [0.2, 0.25) is 0 Å². The fourth-order valence-corrected chi connectivity index (χ4v) is 9.43. The van der Waals surface area contributed by atoms with Crippen molar-refractivity contribution in [2.45, 2.75) is 41.8 Å². The molecule has 1 aliphatic rings. The number of aryl methyl sites for hydroxylation is 2. The lowest BCUT2D eigenvalue weighted by atomic mass is 9.93. The predicted octanol–water partition coefficient (Wildman–Crippen LogP) is 5.79. The van der Waals surface area contributed by atoms with Gasteiger partial charge in [0.05, 0.1) is 36.2 Å². The summed E-state index contributed by atoms with van der Waals surface area (Å²) in [6.07, 6.45) is 9.27. The molecule has 0 fully saturated rings. The highest BCUT2D eigenvalue weighted by Crippen LogP contribution is 2.37. The number of nitrogens with two attached hydrogens (primary N) is 1. The minimum atomic E-state index is -1.01. The van der Waals surface area contributed by atoms with Gasteiger partial charge >= 0.3 is 0 Å². The van der Waals surface area contributed by atoms with Gasteiger partial charge in [-0.05, 0) is 41.0 Å². The van der Waals surface area contributed by atoms with Crippen LogP contribution in [0.5, 0.6) is 0 Å². The number of anilines is 1. The third-order valence-electron chi connectivity index (χ3n) is 10.0. The van der Waals surface area contributed by atoms with Crippen LogP contribution in [0.15, 0.2) is 99.7 Å². The number of fused-ring (bicyclic) bond motifs is 6. The Balaban J connectivity index is 1.02. The van der Waals surface area contributed by atoms with Crippen molar-refractivity contribution in [1.82, 2.24) is 28.7 Å². The second-order valence-electron chi connectivity index (χ2n) is 13.3. The largest absolute Gasteiger partial charge is 0.399 e. The van der Waals surface area contributed by atoms with Crippen molar-refractivity contribution in [3.05, 3.63) is 134 Å². The molecule has 4 heterocycles. The predicted molar refractivity (Wildman–Crippen MR) is 208 cm³/mol. The number of rotatable bonds is 8. The van der Waals surface area contributed by atoms with E-state index in [-0.39, 0.29) is 22.3 Å². The van der Waals surface area contributed by atoms with Crippen LogP contribution in [0.1, 0.15) is 40.8 Å². The number of nitrogens with zero attached hydrogens (tertiary/aromatic N) is 6. The molecule has 3 atom stereocenters. The van der Waals surface area contributed by atoms with E-state index in [1.807, 2.05) is 71.8 Å². The molecule has 12 heteroatoms. The van der Waals surface area contributed by atoms with E-state index in [1.165, 1.54) is 9.36 Å². The van der Waals surface area contributed by atoms with Gasteiger partial charge in [-0.2, -0.15) is 10.2 Å². The van der Waals surface area contributed by atoms with Crippen molar-refractivity contribution < 1.29 is 4.21 Å². The summed E-state index contributed by atoms with van der Waals surface area (Å²) in [5.41, 5.74) is 13.5. The molecule has 2 N–H and O–H groups in total. The minimum Gasteiger partial charge on any atom is -0.399 e. The van der Waals surface area contributed by atoms with Crippen LogP contribution in [0.25, 0.3) is 38.8 Å². The van der Waals surface area contributed by atoms with Crippen molar-refractivity contribution in [2.24, 2.45) is 14.1 Å². The second kappa shape index (κ2) is 12.8. The van der Waals surface area contributed by atoms with E-state index in [0.717, 1.165) is 60.3 Å². The van der Waals surface area contributed by atoms with Gasteiger partial charge in [-0.3, -0.25) is 13.8 Å². The van der Waals surface area contributed by atoms with E-state index in [9.17, 15) is 13.8 Å². The first-order valence-corrected chi connectivity index (χ1v) is 19.3. The highest BCUT2D eigenvalue weighted by atomic mass is 32.2. The molecule has 3 aromatic carbocycles. The fourth-order valence-electron chi connectivity index (χ4n) is 7.55. The average molecular weight is 716 g/mol. The lowest BCUT2D eigenvalue weighted by Gasteiger charge is -2.24. The van der Waals surface area contributed by atoms with Crippen molar-refractivity contribution in [1.29, 1.82) is 0 Å². The normalized spacial score (nSPS) is 16.3. The molecular weight excluding hydrogens is 679 g/mol. The molecule has 0 saturated heterocycles. The minimum absolute atomic E-state index is 0.0234. The van der Waals surface area contributed by atoms with Crippen LogP contribution < -0.4 is 16.9 Å². The van der Waals surface area contributed by atoms with Crippen LogP contribution in [0.3, 0.4) is 0 Å². The van der Waals surface area contributed by atoms with Gasteiger partial charge in [-0.15, -0.1) is 11.8 Å². The molecule has 4 aromatic heterocycles. The van der Waals surface area contributed by atoms with E-state index in [2.05, 4.69) is 47.5 Å². The maximum absolute atomic E-state index is 13.8. The van der Waals surface area contributed by atoms with Crippen molar-refractivity contribution >= 4 is 67.0 Å². The molecule has 0 bridgehead atoms. The zero-order valence-electron chi connectivity index (χ0n) is 28.7. The molecule has 10 nitrogen and oxygen atoms in total. The summed E-state index contributed by atoms with van der Waals surface area (Å²) < 4.78 is 19.3. The van der Waals surface area contributed by atoms with Gasteiger partial charge < -0.3 is 14.9 Å². The highest BCUT2D eigenvalue weighted by molar-refractivity contribution is 7.98. The first kappa shape index (κ1) is 33.0. The van der Waals surface area contributed by atoms with Crippen LogP contribution >= 0.6 is 11.8 Å². The van der Waals surface area contributed by atoms with Gasteiger partial charge in [0.15, 0.2) is 0 Å². The zero-order valence-corrected chi connectivity index (χ0v) is 30.4. The number of thioether (sulfide) groups is 1. The molecule has 3 unspecified atom stereocenters. The van der Waals surface area contributed by atoms with Gasteiger partial charge in [-0.1, -0.05) is 61.5 Å². The summed E-state index contributed by atoms with van der Waals surface area (Å²) in [6.45, 7) is 2.76. The Morgan fingerprint density at radius 3 is 2.16 bits per heavy atom. The Morgan fingerprint density at radius 2 is 1.45 bits per heavy atom. The lowest BCUT2D eigenvalue weighted by Crippen LogP contribution is -2.26. The summed E-state index contributed by atoms with van der Waals surface area (Å²) in [5.74, 6) is 0.754. The van der Waals surface area contributed by atoms with Crippen LogP contribution in [-0.4, -0.2) is 44.4 Å². The number of hydrogen-bond acceptors (Lipinski definition) is 7. The van der Waals surface area contributed by atoms with E-state index in [0.29, 0.717) is 29.8 Å². The lowest BCUT2D eigenvalue weighted by molar-refractivity contribution is 0.637. The summed E-state index contributed by atoms with van der Waals surface area (Å²) in [6, 6.07) is 22.0. The van der Waals surface area contributed by atoms with Crippen molar-refractivity contribution in [3.63, 3.8) is 0 Å². The molecule has 1 aliphatic carbocycles. The first-order valence-electron chi connectivity index (χ1n) is 16.7. The summed E-state index contributed by atoms with van der Waals surface area (Å²) in [4.78, 5) is 28.4. The van der Waals surface area contributed by atoms with E-state index >= 15 is 0 Å². The van der Waals surface area contributed by atoms with Crippen LogP contribution in [0.2, 0.25) is 0 Å². The van der Waals surface area contributed by atoms with Gasteiger partial charge in [-0.25, -0.2) is 9.36 Å². The summed E-state index contributed by atoms with van der Waals surface area (Å²) >= 11 is 1.72. The molecule has 0 saturated carbocycles. The number of hydrogen-bond donors (Lipinski definition) is 1. The molecule has 0 radical (unpaired) electrons. The SMILES string of the molecule is CC1c2c(c3cnn(Cc4cccc(CSc5ccc6c7cnn(Cc8cccc(N)c8)c(=O)c7n(C)c6c5)c4)c(=O)c3n2C)C=CC1S(C)=O. The molecule has 0 amide bonds. The monoisotopic (exact) mass is 715 g/mol. The number of benzene rings is 3. The van der Waals surface area contributed by atoms with Crippen LogP contribution in [0.4, 0.5) is 5.69 Å². The molecule has 0 spiro atoms. The van der Waals surface area contributed by atoms with Crippen LogP contribution in [0, 0.1) is 0 Å². The average Bonchev–Trinajstić information content (AvgIpc) is 3.57. The van der Waals surface area contributed by atoms with E-state index in [4.69, 9.17) is 5.73 Å². The molecular formula is C39H37N7O3S2. The third kappa shape index (κ3) is 5.72. The van der Waals surface area contributed by atoms with Crippen molar-refractivity contribution in [2.75, 3.05) is 12.0 Å². The Hall–Kier alpha value is -5.20. The maximum atomic E-state index is 13.8. The van der Waals surface area contributed by atoms with E-state index in [1.54, 1.807) is 30.4 Å². The maximum Gasteiger partial charge on any atom is 0.291 e. The molecule has 51 heavy (non-hydrogen) atoms. The topological polar surface area (TPSA) is 123 Å². The second-order valence-corrected chi connectivity index (χ2v) is 15.9. The Bertz CT molecular complexity index is 2700. The molecule has 0 aliphatic heterocycles. The number of aromatic nitrogens is 6. The van der Waals surface area contributed by atoms with Gasteiger partial charge in [0, 0.05) is 80.8 Å². The zero-order chi connectivity index (χ0) is 35.6. The van der Waals surface area contributed by atoms with Gasteiger partial charge in [0.25, 0.3) is 11.1 Å². The van der Waals surface area contributed by atoms with Crippen LogP contribution in [-0.2, 0) is 43.7 Å². The molecule has 7 aromatic rings. The standard InChI is InChI=1S/C39H37N7O3S2/c1-23-34(51(4)49)14-13-30-32-19-42-45(39(48)37(32)44(3)35(23)30)20-24-7-5-9-26(15-24)22-50-28-11-12-29-31-18-41-46(21-25-8-6-10-27(40)16-25)38(47)36(31)43(2)33(29)17-28/h5-19,23,34H,20-22,40H2,1-4H3. The highest BCUT2D eigenvalue weighted by Gasteiger charge is 2.31. The Kier molecular flexibility index (Phi) is 8.30. The smallest absolute Gasteiger partial charge is 0.291 e. The van der Waals surface area contributed by atoms with Gasteiger partial charge in [0.1, 0.15) is 11.0 Å². The third-order valence-corrected chi connectivity index (χ3v) is 12.4. The summed E-state index contributed by atoms with van der Waals surface area (Å²) in [5, 5.41) is 11.6. The first-order chi connectivity index (χ1) is 24.6. The quantitative estimate of drug-likeness (QED) is 0.156. The van der Waals surface area contributed by atoms with E-state index < -0.39 is 10.8 Å². The van der Waals surface area contributed by atoms with Crippen molar-refractivity contribution in [3.8, 4) is 0 Å². The Labute approximate surface area is 300 Å². The molecule has 8 rings (SSSR count). The summed E-state index contributed by atoms with van der Waals surface area (Å²) in [7, 11) is 2.83.